The third-order valence-electron chi connectivity index (χ3n) is 11.0. The first-order valence-electron chi connectivity index (χ1n) is 21.3. The number of carbonyl (C=O) groups excluding carboxylic acids is 2. The van der Waals surface area contributed by atoms with Gasteiger partial charge in [-0.3, -0.25) is 41.9 Å². The zero-order chi connectivity index (χ0) is 55.6. The van der Waals surface area contributed by atoms with Gasteiger partial charge in [-0.05, 0) is 72.5 Å². The van der Waals surface area contributed by atoms with Crippen molar-refractivity contribution in [2.45, 2.75) is 62.2 Å². The number of nitrogens with zero attached hydrogens (tertiary/aromatic N) is 2. The van der Waals surface area contributed by atoms with Crippen LogP contribution in [0.25, 0.3) is 33.4 Å². The van der Waals surface area contributed by atoms with Crippen molar-refractivity contribution in [3.8, 4) is 22.5 Å². The maximum atomic E-state index is 14.4. The largest absolute Gasteiger partial charge is 0.456 e. The number of amides is 2. The molecule has 4 aromatic rings. The number of ether oxygens (including phenoxy) is 1. The Kier molecular flexibility index (Phi) is 17.1. The summed E-state index contributed by atoms with van der Waals surface area (Å²) in [6.45, 7) is 1.13. The van der Waals surface area contributed by atoms with E-state index < -0.39 is 131 Å². The highest BCUT2D eigenvalue weighted by Crippen LogP contribution is 2.44. The third kappa shape index (κ3) is 14.0. The number of carbonyl (C=O) groups is 2. The summed E-state index contributed by atoms with van der Waals surface area (Å²) in [5.74, 6) is -1.39. The minimum absolute atomic E-state index is 0.00143. The zero-order valence-corrected chi connectivity index (χ0v) is 43.7. The first kappa shape index (κ1) is 58.0. The molecule has 0 saturated carbocycles. The molecule has 0 atom stereocenters. The van der Waals surface area contributed by atoms with Crippen LogP contribution < -0.4 is 16.0 Å². The molecule has 26 nitrogen and oxygen atoms in total. The van der Waals surface area contributed by atoms with E-state index in [1.165, 1.54) is 36.2 Å². The standard InChI is InChI=1S/C43H44N4O22S6/c1-3-68-16-14-44-41(48)9-6-15-47(2)43(49)30-8-5-4-7-29(30)42-31-19-39(74(62,63)64)33(45-23-25-10-12-27(70(50,51)52)17-37(25)72(56,57)58)21-35(31)69-36-22-34(40(20-32(36)42)75(65,66)67)46-24-26-11-13-28(71(53,54)55)18-38(26)73(59,60)61/h4-5,7-8,10-13,17-22,45H,3,6,9,14-16,23-24H2,1-2H3,(H,44,48)(H,50,51,52)(H,53,54,55)(H,56,57,58)(H,59,60,61)(H,62,63,64)(H,65,66,67)/b46-34+. The molecule has 2 aliphatic rings. The SMILES string of the molecule is CCOCCNC(=O)CCCN(C)C(=O)c1ccccc1-c1c2cc(S(=O)(=O)O)/c(=N/Cc3ccc(S(=O)(=O)O)cc3S(=O)(=O)O)cc-2oc2cc(NCc3ccc(S(=O)(=O)O)cc3S(=O)(=O)O)c(S(=O)(=O)O)cc12. The van der Waals surface area contributed by atoms with Gasteiger partial charge in [-0.15, -0.1) is 0 Å². The van der Waals surface area contributed by atoms with Crippen LogP contribution in [0.3, 0.4) is 0 Å². The Morgan fingerprint density at radius 3 is 1.80 bits per heavy atom. The maximum Gasteiger partial charge on any atom is 0.296 e. The molecule has 0 saturated heterocycles. The Hall–Kier alpha value is -6.27. The van der Waals surface area contributed by atoms with Crippen molar-refractivity contribution in [1.29, 1.82) is 0 Å². The molecule has 0 aromatic heterocycles. The summed E-state index contributed by atoms with van der Waals surface area (Å²) in [5, 5.41) is 4.29. The molecular weight excluding hydrogens is 1120 g/mol. The summed E-state index contributed by atoms with van der Waals surface area (Å²) in [7, 11) is -29.9. The van der Waals surface area contributed by atoms with Gasteiger partial charge >= 0.3 is 0 Å². The molecule has 6 rings (SSSR count). The molecule has 0 spiro atoms. The van der Waals surface area contributed by atoms with E-state index in [9.17, 15) is 87.4 Å². The van der Waals surface area contributed by atoms with E-state index in [0.29, 0.717) is 18.7 Å². The second kappa shape index (κ2) is 22.1. The minimum Gasteiger partial charge on any atom is -0.456 e. The first-order valence-corrected chi connectivity index (χ1v) is 30.0. The molecular formula is C43H44N4O22S6. The predicted molar refractivity (Wildman–Crippen MR) is 262 cm³/mol. The van der Waals surface area contributed by atoms with Crippen molar-refractivity contribution >= 4 is 89.2 Å². The number of anilines is 1. The lowest BCUT2D eigenvalue weighted by atomic mass is 9.90. The van der Waals surface area contributed by atoms with Gasteiger partial charge in [0.2, 0.25) is 5.91 Å². The van der Waals surface area contributed by atoms with Gasteiger partial charge in [0.15, 0.2) is 0 Å². The van der Waals surface area contributed by atoms with Crippen LogP contribution in [0.1, 0.15) is 41.3 Å². The van der Waals surface area contributed by atoms with Crippen LogP contribution >= 0.6 is 0 Å². The van der Waals surface area contributed by atoms with Crippen LogP contribution in [0.4, 0.5) is 5.69 Å². The monoisotopic (exact) mass is 1160 g/mol. The van der Waals surface area contributed by atoms with Crippen LogP contribution in [0.5, 0.6) is 0 Å². The Balaban J connectivity index is 1.61. The number of nitrogens with one attached hydrogen (secondary N) is 2. The van der Waals surface area contributed by atoms with E-state index in [1.54, 1.807) is 6.92 Å². The molecule has 2 amide bonds. The Morgan fingerprint density at radius 1 is 0.653 bits per heavy atom. The number of hydrogen-bond acceptors (Lipinski definition) is 18. The van der Waals surface area contributed by atoms with Crippen LogP contribution in [0.2, 0.25) is 0 Å². The minimum atomic E-state index is -5.39. The second-order valence-corrected chi connectivity index (χ2v) is 24.5. The number of rotatable bonds is 21. The topological polar surface area (TPSA) is 422 Å². The van der Waals surface area contributed by atoms with Crippen LogP contribution in [0.15, 0.2) is 124 Å². The molecule has 0 fully saturated rings. The molecule has 75 heavy (non-hydrogen) atoms. The van der Waals surface area contributed by atoms with Gasteiger partial charge in [-0.1, -0.05) is 30.3 Å². The fourth-order valence-corrected chi connectivity index (χ4v) is 11.6. The van der Waals surface area contributed by atoms with E-state index in [1.807, 2.05) is 0 Å². The first-order chi connectivity index (χ1) is 34.7. The number of benzene rings is 5. The van der Waals surface area contributed by atoms with E-state index in [0.717, 1.165) is 48.5 Å². The second-order valence-electron chi connectivity index (χ2n) is 16.1. The Labute approximate surface area is 428 Å². The van der Waals surface area contributed by atoms with Gasteiger partial charge in [0.25, 0.3) is 66.6 Å². The summed E-state index contributed by atoms with van der Waals surface area (Å²) in [6.07, 6.45) is 0.173. The third-order valence-corrected chi connectivity index (χ3v) is 16.4. The number of hydrogen-bond donors (Lipinski definition) is 8. The fraction of sp³-hybridized carbons (Fsp3) is 0.233. The molecule has 1 aliphatic carbocycles. The van der Waals surface area contributed by atoms with Crippen molar-refractivity contribution < 1.29 is 96.6 Å². The summed E-state index contributed by atoms with van der Waals surface area (Å²) in [4.78, 5) is 26.2. The van der Waals surface area contributed by atoms with E-state index >= 15 is 0 Å². The highest BCUT2D eigenvalue weighted by molar-refractivity contribution is 7.87. The lowest BCUT2D eigenvalue weighted by molar-refractivity contribution is -0.121. The molecule has 0 bridgehead atoms. The van der Waals surface area contributed by atoms with E-state index in [-0.39, 0.29) is 77.4 Å². The quantitative estimate of drug-likeness (QED) is 0.0291. The Morgan fingerprint density at radius 2 is 1.23 bits per heavy atom. The molecule has 32 heteroatoms. The molecule has 0 radical (unpaired) electrons. The summed E-state index contributed by atoms with van der Waals surface area (Å²) >= 11 is 0. The summed E-state index contributed by atoms with van der Waals surface area (Å²) in [5.41, 5.74) is -2.45. The highest BCUT2D eigenvalue weighted by atomic mass is 32.2. The van der Waals surface area contributed by atoms with Crippen molar-refractivity contribution in [2.75, 3.05) is 38.7 Å². The van der Waals surface area contributed by atoms with Crippen LogP contribution in [-0.4, -0.2) is 128 Å². The van der Waals surface area contributed by atoms with Gasteiger partial charge < -0.3 is 24.7 Å². The average Bonchev–Trinajstić information content (AvgIpc) is 3.30. The van der Waals surface area contributed by atoms with Crippen molar-refractivity contribution in [2.24, 2.45) is 4.99 Å². The van der Waals surface area contributed by atoms with Crippen LogP contribution in [0, 0.1) is 0 Å². The van der Waals surface area contributed by atoms with Crippen LogP contribution in [-0.2, 0) is 83.3 Å². The van der Waals surface area contributed by atoms with Gasteiger partial charge in [0, 0.05) is 73.9 Å². The number of fused-ring (bicyclic) bond motifs is 2. The summed E-state index contributed by atoms with van der Waals surface area (Å²) < 4.78 is 221. The van der Waals surface area contributed by atoms with Crippen molar-refractivity contribution in [1.82, 2.24) is 10.2 Å². The molecule has 404 valence electrons. The van der Waals surface area contributed by atoms with Crippen molar-refractivity contribution in [3.63, 3.8) is 0 Å². The molecule has 1 aliphatic heterocycles. The smallest absolute Gasteiger partial charge is 0.296 e. The lowest BCUT2D eigenvalue weighted by Gasteiger charge is -2.22. The van der Waals surface area contributed by atoms with E-state index in [4.69, 9.17) is 9.15 Å². The predicted octanol–water partition coefficient (Wildman–Crippen LogP) is 3.40. The summed E-state index contributed by atoms with van der Waals surface area (Å²) in [6, 6.07) is 13.1. The maximum absolute atomic E-state index is 14.4. The van der Waals surface area contributed by atoms with Gasteiger partial charge in [0.1, 0.15) is 30.9 Å². The van der Waals surface area contributed by atoms with Gasteiger partial charge in [-0.25, -0.2) is 0 Å². The average molecular weight is 1160 g/mol. The van der Waals surface area contributed by atoms with Gasteiger partial charge in [0.05, 0.1) is 34.0 Å². The zero-order valence-electron chi connectivity index (χ0n) is 38.8. The molecule has 8 N–H and O–H groups in total. The molecule has 1 heterocycles. The van der Waals surface area contributed by atoms with Crippen molar-refractivity contribution in [3.05, 3.63) is 107 Å². The Bertz CT molecular complexity index is 4010. The normalized spacial score (nSPS) is 13.0. The van der Waals surface area contributed by atoms with E-state index in [2.05, 4.69) is 15.6 Å². The lowest BCUT2D eigenvalue weighted by Crippen LogP contribution is -2.31. The molecule has 4 aromatic carbocycles. The highest BCUT2D eigenvalue weighted by Gasteiger charge is 2.30. The van der Waals surface area contributed by atoms with Gasteiger partial charge in [-0.2, -0.15) is 50.5 Å². The fourth-order valence-electron chi connectivity index (χ4n) is 7.58. The molecule has 0 unspecified atom stereocenters.